The summed E-state index contributed by atoms with van der Waals surface area (Å²) in [7, 11) is 0. The standard InChI is InChI=1S/C19H22N4S.2ClH/c1-2-4-14(20)7-6-13-12-22-17-9-8-15(11-16(13)17)23-19(21)18-5-3-10-24-18;;/h3,5,8-12,20,22H,2,4,6-7H2,1H3,(H2,21,23);2*1H. The van der Waals surface area contributed by atoms with Crippen molar-refractivity contribution in [3.8, 4) is 0 Å². The molecule has 2 aromatic heterocycles. The van der Waals surface area contributed by atoms with E-state index in [0.717, 1.165) is 47.5 Å². The molecule has 0 saturated heterocycles. The van der Waals surface area contributed by atoms with Crippen molar-refractivity contribution >= 4 is 64.3 Å². The van der Waals surface area contributed by atoms with Crippen LogP contribution in [0.15, 0.2) is 46.9 Å². The van der Waals surface area contributed by atoms with Crippen LogP contribution in [0.5, 0.6) is 0 Å². The fourth-order valence-electron chi connectivity index (χ4n) is 2.77. The molecule has 0 amide bonds. The highest BCUT2D eigenvalue weighted by Crippen LogP contribution is 2.25. The monoisotopic (exact) mass is 410 g/mol. The van der Waals surface area contributed by atoms with Crippen LogP contribution >= 0.6 is 36.2 Å². The van der Waals surface area contributed by atoms with E-state index in [2.05, 4.69) is 23.0 Å². The zero-order valence-corrected chi connectivity index (χ0v) is 17.1. The number of nitrogens with one attached hydrogen (secondary N) is 2. The highest BCUT2D eigenvalue weighted by molar-refractivity contribution is 7.12. The third-order valence-electron chi connectivity index (χ3n) is 4.02. The summed E-state index contributed by atoms with van der Waals surface area (Å²) in [6.07, 6.45) is 5.65. The number of nitrogens with two attached hydrogens (primary N) is 1. The van der Waals surface area contributed by atoms with Gasteiger partial charge in [-0.25, -0.2) is 4.99 Å². The Morgan fingerprint density at radius 2 is 2.04 bits per heavy atom. The van der Waals surface area contributed by atoms with Gasteiger partial charge in [0.15, 0.2) is 0 Å². The molecule has 0 aliphatic rings. The van der Waals surface area contributed by atoms with Gasteiger partial charge in [-0.05, 0) is 54.5 Å². The van der Waals surface area contributed by atoms with Crippen molar-refractivity contribution in [2.75, 3.05) is 0 Å². The van der Waals surface area contributed by atoms with E-state index in [1.54, 1.807) is 11.3 Å². The number of fused-ring (bicyclic) bond motifs is 1. The largest absolute Gasteiger partial charge is 0.383 e. The molecule has 3 aromatic rings. The van der Waals surface area contributed by atoms with Crippen LogP contribution in [0.2, 0.25) is 0 Å². The number of rotatable bonds is 7. The van der Waals surface area contributed by atoms with Gasteiger partial charge < -0.3 is 16.1 Å². The number of nitrogens with zero attached hydrogens (tertiary/aromatic N) is 1. The summed E-state index contributed by atoms with van der Waals surface area (Å²) in [6.45, 7) is 2.11. The van der Waals surface area contributed by atoms with E-state index in [4.69, 9.17) is 11.1 Å². The van der Waals surface area contributed by atoms with E-state index in [0.29, 0.717) is 5.84 Å². The molecular weight excluding hydrogens is 387 g/mol. The molecule has 0 aliphatic carbocycles. The Labute approximate surface area is 170 Å². The van der Waals surface area contributed by atoms with Crippen LogP contribution in [-0.2, 0) is 6.42 Å². The molecule has 7 heteroatoms. The number of amidine groups is 1. The predicted octanol–water partition coefficient (Wildman–Crippen LogP) is 5.86. The Morgan fingerprint density at radius 1 is 1.23 bits per heavy atom. The summed E-state index contributed by atoms with van der Waals surface area (Å²) >= 11 is 1.59. The third kappa shape index (κ3) is 5.34. The molecule has 3 rings (SSSR count). The molecule has 1 aromatic carbocycles. The summed E-state index contributed by atoms with van der Waals surface area (Å²) in [4.78, 5) is 8.83. The first-order chi connectivity index (χ1) is 11.7. The lowest BCUT2D eigenvalue weighted by molar-refractivity contribution is 0.926. The number of aryl methyl sites for hydroxylation is 1. The van der Waals surface area contributed by atoms with E-state index >= 15 is 0 Å². The van der Waals surface area contributed by atoms with Gasteiger partial charge in [-0.1, -0.05) is 19.4 Å². The number of aliphatic imine (C=N–C) groups is 1. The summed E-state index contributed by atoms with van der Waals surface area (Å²) in [5.41, 5.74) is 10.1. The van der Waals surface area contributed by atoms with Gasteiger partial charge in [0.1, 0.15) is 5.84 Å². The van der Waals surface area contributed by atoms with Gasteiger partial charge in [0.25, 0.3) is 0 Å². The van der Waals surface area contributed by atoms with E-state index in [1.165, 1.54) is 10.9 Å². The van der Waals surface area contributed by atoms with Gasteiger partial charge in [-0.2, -0.15) is 0 Å². The number of aromatic amines is 1. The summed E-state index contributed by atoms with van der Waals surface area (Å²) in [5, 5.41) is 11.1. The smallest absolute Gasteiger partial charge is 0.141 e. The molecule has 0 radical (unpaired) electrons. The number of hydrogen-bond acceptors (Lipinski definition) is 3. The van der Waals surface area contributed by atoms with Gasteiger partial charge in [0, 0.05) is 22.8 Å². The minimum Gasteiger partial charge on any atom is -0.383 e. The average molecular weight is 411 g/mol. The first kappa shape index (κ1) is 22.2. The van der Waals surface area contributed by atoms with Gasteiger partial charge >= 0.3 is 0 Å². The Hall–Kier alpha value is -1.82. The van der Waals surface area contributed by atoms with Crippen molar-refractivity contribution in [1.82, 2.24) is 4.98 Å². The van der Waals surface area contributed by atoms with Crippen LogP contribution in [0.3, 0.4) is 0 Å². The Bertz CT molecular complexity index is 869. The van der Waals surface area contributed by atoms with E-state index < -0.39 is 0 Å². The van der Waals surface area contributed by atoms with Gasteiger partial charge in [0.2, 0.25) is 0 Å². The maximum atomic E-state index is 7.97. The lowest BCUT2D eigenvalue weighted by atomic mass is 10.0. The van der Waals surface area contributed by atoms with Crippen LogP contribution in [0.1, 0.15) is 36.6 Å². The first-order valence-corrected chi connectivity index (χ1v) is 9.09. The average Bonchev–Trinajstić information content (AvgIpc) is 3.23. The van der Waals surface area contributed by atoms with E-state index in [1.807, 2.05) is 35.8 Å². The first-order valence-electron chi connectivity index (χ1n) is 8.21. The molecule has 26 heavy (non-hydrogen) atoms. The minimum absolute atomic E-state index is 0. The molecule has 0 spiro atoms. The maximum Gasteiger partial charge on any atom is 0.141 e. The molecule has 0 bridgehead atoms. The predicted molar refractivity (Wildman–Crippen MR) is 118 cm³/mol. The van der Waals surface area contributed by atoms with Crippen molar-refractivity contribution in [3.05, 3.63) is 52.3 Å². The Kier molecular flexibility index (Phi) is 8.85. The molecule has 4 N–H and O–H groups in total. The summed E-state index contributed by atoms with van der Waals surface area (Å²) in [6, 6.07) is 10.0. The molecule has 0 aliphatic heterocycles. The number of hydrogen-bond donors (Lipinski definition) is 3. The van der Waals surface area contributed by atoms with Crippen LogP contribution in [-0.4, -0.2) is 16.5 Å². The number of thiophene rings is 1. The molecule has 2 heterocycles. The normalized spacial score (nSPS) is 11.0. The van der Waals surface area contributed by atoms with Crippen molar-refractivity contribution in [2.24, 2.45) is 10.7 Å². The lowest BCUT2D eigenvalue weighted by Gasteiger charge is -2.03. The van der Waals surface area contributed by atoms with Crippen molar-refractivity contribution in [2.45, 2.75) is 32.6 Å². The molecular formula is C19H24Cl2N4S. The van der Waals surface area contributed by atoms with Crippen LogP contribution < -0.4 is 5.73 Å². The second kappa shape index (κ2) is 10.4. The SMILES string of the molecule is CCCC(=N)CCc1c[nH]c2ccc(N=C(N)c3cccs3)cc12.Cl.Cl. The van der Waals surface area contributed by atoms with Crippen molar-refractivity contribution in [1.29, 1.82) is 5.41 Å². The minimum atomic E-state index is 0. The van der Waals surface area contributed by atoms with Gasteiger partial charge in [-0.15, -0.1) is 36.2 Å². The molecule has 0 unspecified atom stereocenters. The zero-order chi connectivity index (χ0) is 16.9. The third-order valence-corrected chi connectivity index (χ3v) is 4.91. The molecule has 0 saturated carbocycles. The van der Waals surface area contributed by atoms with Gasteiger partial charge in [-0.3, -0.25) is 0 Å². The second-order valence-corrected chi connectivity index (χ2v) is 6.82. The quantitative estimate of drug-likeness (QED) is 0.330. The fraction of sp³-hybridized carbons (Fsp3) is 0.263. The highest BCUT2D eigenvalue weighted by atomic mass is 35.5. The summed E-state index contributed by atoms with van der Waals surface area (Å²) in [5.74, 6) is 0.547. The Morgan fingerprint density at radius 3 is 2.73 bits per heavy atom. The highest BCUT2D eigenvalue weighted by Gasteiger charge is 2.07. The molecule has 4 nitrogen and oxygen atoms in total. The van der Waals surface area contributed by atoms with Gasteiger partial charge in [0.05, 0.1) is 10.6 Å². The number of halogens is 2. The van der Waals surface area contributed by atoms with Crippen LogP contribution in [0.25, 0.3) is 10.9 Å². The number of H-pyrrole nitrogens is 1. The van der Waals surface area contributed by atoms with Crippen LogP contribution in [0.4, 0.5) is 5.69 Å². The van der Waals surface area contributed by atoms with Crippen LogP contribution in [0, 0.1) is 5.41 Å². The second-order valence-electron chi connectivity index (χ2n) is 5.87. The van der Waals surface area contributed by atoms with E-state index in [-0.39, 0.29) is 24.8 Å². The summed E-state index contributed by atoms with van der Waals surface area (Å²) < 4.78 is 0. The maximum absolute atomic E-state index is 7.97. The topological polar surface area (TPSA) is 78.0 Å². The molecule has 0 fully saturated rings. The Balaban J connectivity index is 0.00000169. The van der Waals surface area contributed by atoms with E-state index in [9.17, 15) is 0 Å². The zero-order valence-electron chi connectivity index (χ0n) is 14.6. The van der Waals surface area contributed by atoms with Crippen molar-refractivity contribution < 1.29 is 0 Å². The number of benzene rings is 1. The molecule has 0 atom stereocenters. The number of aromatic nitrogens is 1. The van der Waals surface area contributed by atoms with Crippen molar-refractivity contribution in [3.63, 3.8) is 0 Å². The fourth-order valence-corrected chi connectivity index (χ4v) is 3.40. The molecule has 140 valence electrons. The lowest BCUT2D eigenvalue weighted by Crippen LogP contribution is -2.10.